The average molecular weight is 490 g/mol. The number of fused-ring (bicyclic) bond motifs is 3. The van der Waals surface area contributed by atoms with E-state index in [0.717, 1.165) is 47.0 Å². The van der Waals surface area contributed by atoms with Gasteiger partial charge in [-0.15, -0.1) is 11.3 Å². The smallest absolute Gasteiger partial charge is 0.263 e. The molecule has 1 aliphatic carbocycles. The number of hydrogen-bond acceptors (Lipinski definition) is 6. The van der Waals surface area contributed by atoms with Crippen LogP contribution in [0.25, 0.3) is 10.2 Å². The predicted octanol–water partition coefficient (Wildman–Crippen LogP) is 4.43. The van der Waals surface area contributed by atoms with Crippen molar-refractivity contribution in [3.05, 3.63) is 56.4 Å². The first-order valence-electron chi connectivity index (χ1n) is 11.1. The molecule has 4 rings (SSSR count). The molecule has 176 valence electrons. The number of amides is 1. The van der Waals surface area contributed by atoms with E-state index in [1.54, 1.807) is 47.1 Å². The van der Waals surface area contributed by atoms with Gasteiger partial charge in [-0.05, 0) is 55.9 Å². The number of halogens is 1. The van der Waals surface area contributed by atoms with E-state index < -0.39 is 0 Å². The maximum atomic E-state index is 13.4. The third-order valence-corrected chi connectivity index (χ3v) is 8.36. The van der Waals surface area contributed by atoms with Crippen molar-refractivity contribution in [3.8, 4) is 0 Å². The van der Waals surface area contributed by atoms with Gasteiger partial charge < -0.3 is 9.64 Å². The van der Waals surface area contributed by atoms with Gasteiger partial charge in [-0.25, -0.2) is 9.37 Å². The first-order chi connectivity index (χ1) is 15.9. The number of thioether (sulfide) groups is 1. The van der Waals surface area contributed by atoms with E-state index in [-0.39, 0.29) is 29.1 Å². The van der Waals surface area contributed by atoms with Crippen molar-refractivity contribution >= 4 is 39.2 Å². The van der Waals surface area contributed by atoms with Crippen molar-refractivity contribution in [3.63, 3.8) is 0 Å². The number of aryl methyl sites for hydroxylation is 2. The van der Waals surface area contributed by atoms with Crippen LogP contribution < -0.4 is 5.56 Å². The molecule has 2 aromatic heterocycles. The molecule has 2 heterocycles. The Hall–Kier alpha value is -2.23. The molecule has 33 heavy (non-hydrogen) atoms. The zero-order valence-corrected chi connectivity index (χ0v) is 20.7. The summed E-state index contributed by atoms with van der Waals surface area (Å²) in [6, 6.07) is 5.97. The highest BCUT2D eigenvalue weighted by molar-refractivity contribution is 7.99. The largest absolute Gasteiger partial charge is 0.383 e. The predicted molar refractivity (Wildman–Crippen MR) is 131 cm³/mol. The summed E-state index contributed by atoms with van der Waals surface area (Å²) < 4.78 is 20.1. The number of carbonyl (C=O) groups excluding carboxylic acids is 1. The van der Waals surface area contributed by atoms with Gasteiger partial charge in [0.25, 0.3) is 5.56 Å². The molecule has 6 nitrogen and oxygen atoms in total. The minimum Gasteiger partial charge on any atom is -0.383 e. The summed E-state index contributed by atoms with van der Waals surface area (Å²) in [5, 5.41) is 1.28. The summed E-state index contributed by atoms with van der Waals surface area (Å²) >= 11 is 2.89. The van der Waals surface area contributed by atoms with E-state index in [1.165, 1.54) is 28.8 Å². The normalized spacial score (nSPS) is 14.3. The van der Waals surface area contributed by atoms with E-state index in [9.17, 15) is 14.0 Å². The van der Waals surface area contributed by atoms with E-state index in [4.69, 9.17) is 9.72 Å². The SMILES string of the molecule is COCCn1c(SCC(=O)N(C)C(C)c2ccc(F)cc2)nc2sc3c(c2c1=O)CCCC3. The number of ether oxygens (including phenoxy) is 1. The molecule has 1 aliphatic rings. The zero-order valence-electron chi connectivity index (χ0n) is 19.1. The van der Waals surface area contributed by atoms with Crippen molar-refractivity contribution in [2.75, 3.05) is 26.5 Å². The Bertz CT molecular complexity index is 1210. The van der Waals surface area contributed by atoms with E-state index in [2.05, 4.69) is 0 Å². The van der Waals surface area contributed by atoms with Gasteiger partial charge in [0.2, 0.25) is 5.91 Å². The molecule has 0 saturated carbocycles. The highest BCUT2D eigenvalue weighted by Gasteiger charge is 2.23. The Morgan fingerprint density at radius 2 is 2.03 bits per heavy atom. The second kappa shape index (κ2) is 10.4. The Balaban J connectivity index is 1.57. The maximum absolute atomic E-state index is 13.4. The molecule has 1 aromatic carbocycles. The lowest BCUT2D eigenvalue weighted by molar-refractivity contribution is -0.128. The van der Waals surface area contributed by atoms with Gasteiger partial charge in [-0.2, -0.15) is 0 Å². The molecule has 1 unspecified atom stereocenters. The number of hydrogen-bond donors (Lipinski definition) is 0. The van der Waals surface area contributed by atoms with Crippen LogP contribution in [-0.4, -0.2) is 46.9 Å². The van der Waals surface area contributed by atoms with Gasteiger partial charge in [0, 0.05) is 19.0 Å². The molecule has 0 bridgehead atoms. The third-order valence-electron chi connectivity index (χ3n) is 6.21. The van der Waals surface area contributed by atoms with Gasteiger partial charge in [0.05, 0.1) is 30.3 Å². The van der Waals surface area contributed by atoms with Crippen LogP contribution in [0.2, 0.25) is 0 Å². The summed E-state index contributed by atoms with van der Waals surface area (Å²) in [4.78, 5) is 34.8. The maximum Gasteiger partial charge on any atom is 0.263 e. The van der Waals surface area contributed by atoms with Crippen molar-refractivity contribution in [2.45, 2.75) is 50.4 Å². The second-order valence-electron chi connectivity index (χ2n) is 8.26. The fraction of sp³-hybridized carbons (Fsp3) is 0.458. The number of rotatable bonds is 8. The number of aromatic nitrogens is 2. The van der Waals surface area contributed by atoms with Crippen molar-refractivity contribution in [1.29, 1.82) is 0 Å². The molecule has 1 amide bonds. The summed E-state index contributed by atoms with van der Waals surface area (Å²) in [6.07, 6.45) is 4.17. The van der Waals surface area contributed by atoms with Crippen LogP contribution >= 0.6 is 23.1 Å². The number of thiophene rings is 1. The second-order valence-corrected chi connectivity index (χ2v) is 10.3. The molecule has 0 fully saturated rings. The third kappa shape index (κ3) is 5.00. The minimum absolute atomic E-state index is 0.0422. The first-order valence-corrected chi connectivity index (χ1v) is 12.9. The van der Waals surface area contributed by atoms with Crippen LogP contribution in [0.15, 0.2) is 34.2 Å². The van der Waals surface area contributed by atoms with Crippen molar-refractivity contribution in [2.24, 2.45) is 0 Å². The first kappa shape index (κ1) is 23.9. The Kier molecular flexibility index (Phi) is 7.51. The van der Waals surface area contributed by atoms with Crippen molar-refractivity contribution < 1.29 is 13.9 Å². The lowest BCUT2D eigenvalue weighted by Crippen LogP contribution is -2.31. The monoisotopic (exact) mass is 489 g/mol. The Labute approximate surface area is 200 Å². The van der Waals surface area contributed by atoms with Gasteiger partial charge in [-0.1, -0.05) is 23.9 Å². The summed E-state index contributed by atoms with van der Waals surface area (Å²) in [6.45, 7) is 2.69. The fourth-order valence-corrected chi connectivity index (χ4v) is 6.37. The molecule has 3 aromatic rings. The minimum atomic E-state index is -0.304. The number of benzene rings is 1. The molecule has 9 heteroatoms. The molecule has 0 N–H and O–H groups in total. The van der Waals surface area contributed by atoms with Gasteiger partial charge in [-0.3, -0.25) is 14.2 Å². The Morgan fingerprint density at radius 3 is 2.76 bits per heavy atom. The highest BCUT2D eigenvalue weighted by atomic mass is 32.2. The summed E-state index contributed by atoms with van der Waals surface area (Å²) in [7, 11) is 3.34. The molecular formula is C24H28FN3O3S2. The number of carbonyl (C=O) groups is 1. The zero-order chi connectivity index (χ0) is 23.5. The van der Waals surface area contributed by atoms with E-state index >= 15 is 0 Å². The van der Waals surface area contributed by atoms with Crippen LogP contribution in [-0.2, 0) is 28.9 Å². The lowest BCUT2D eigenvalue weighted by atomic mass is 9.97. The van der Waals surface area contributed by atoms with Crippen LogP contribution in [0, 0.1) is 5.82 Å². The summed E-state index contributed by atoms with van der Waals surface area (Å²) in [5.41, 5.74) is 1.97. The van der Waals surface area contributed by atoms with Crippen LogP contribution in [0.3, 0.4) is 0 Å². The summed E-state index contributed by atoms with van der Waals surface area (Å²) in [5.74, 6) is -0.242. The topological polar surface area (TPSA) is 64.4 Å². The number of methoxy groups -OCH3 is 1. The van der Waals surface area contributed by atoms with Crippen LogP contribution in [0.1, 0.15) is 41.8 Å². The highest BCUT2D eigenvalue weighted by Crippen LogP contribution is 2.34. The fourth-order valence-electron chi connectivity index (χ4n) is 4.12. The van der Waals surface area contributed by atoms with Gasteiger partial charge in [0.15, 0.2) is 5.16 Å². The van der Waals surface area contributed by atoms with Crippen LogP contribution in [0.5, 0.6) is 0 Å². The molecular weight excluding hydrogens is 461 g/mol. The quantitative estimate of drug-likeness (QED) is 0.346. The average Bonchev–Trinajstić information content (AvgIpc) is 3.20. The molecule has 1 atom stereocenters. The molecule has 0 spiro atoms. The molecule has 0 saturated heterocycles. The van der Waals surface area contributed by atoms with E-state index in [1.807, 2.05) is 6.92 Å². The standard InChI is InChI=1S/C24H28FN3O3S2/c1-15(16-8-10-17(25)11-9-16)27(2)20(29)14-32-24-26-22-21(23(30)28(24)12-13-31-3)18-6-4-5-7-19(18)33-22/h8-11,15H,4-7,12-14H2,1-3H3. The van der Waals surface area contributed by atoms with E-state index in [0.29, 0.717) is 18.3 Å². The molecule has 0 radical (unpaired) electrons. The molecule has 0 aliphatic heterocycles. The van der Waals surface area contributed by atoms with Gasteiger partial charge >= 0.3 is 0 Å². The van der Waals surface area contributed by atoms with Crippen LogP contribution in [0.4, 0.5) is 4.39 Å². The van der Waals surface area contributed by atoms with Gasteiger partial charge in [0.1, 0.15) is 10.6 Å². The number of nitrogens with zero attached hydrogens (tertiary/aromatic N) is 3. The van der Waals surface area contributed by atoms with Crippen molar-refractivity contribution in [1.82, 2.24) is 14.5 Å². The Morgan fingerprint density at radius 1 is 1.30 bits per heavy atom. The lowest BCUT2D eigenvalue weighted by Gasteiger charge is -2.25.